The third-order valence-electron chi connectivity index (χ3n) is 3.64. The highest BCUT2D eigenvalue weighted by Gasteiger charge is 2.33. The van der Waals surface area contributed by atoms with E-state index in [1.54, 1.807) is 12.1 Å². The lowest BCUT2D eigenvalue weighted by atomic mass is 9.69. The average molecular weight is 228 g/mol. The Hall–Kier alpha value is -1.83. The zero-order valence-corrected chi connectivity index (χ0v) is 10.1. The summed E-state index contributed by atoms with van der Waals surface area (Å²) in [6, 6.07) is 7.24. The number of carboxylic acid groups (broad SMARTS) is 1. The summed E-state index contributed by atoms with van der Waals surface area (Å²) in [4.78, 5) is 11.3. The van der Waals surface area contributed by atoms with E-state index in [9.17, 15) is 9.90 Å². The number of carboxylic acids is 1. The van der Waals surface area contributed by atoms with Gasteiger partial charge in [-0.2, -0.15) is 0 Å². The van der Waals surface area contributed by atoms with Gasteiger partial charge in [-0.15, -0.1) is 0 Å². The summed E-state index contributed by atoms with van der Waals surface area (Å²) in [5.41, 5.74) is 1.02. The van der Waals surface area contributed by atoms with Crippen LogP contribution in [0.1, 0.15) is 29.8 Å². The molecular formula is C15H16O2. The minimum atomic E-state index is -0.864. The smallest absolute Gasteiger partial charge is 0.335 e. The fourth-order valence-electron chi connectivity index (χ4n) is 2.31. The Morgan fingerprint density at radius 3 is 2.65 bits per heavy atom. The van der Waals surface area contributed by atoms with Crippen molar-refractivity contribution in [1.82, 2.24) is 0 Å². The van der Waals surface area contributed by atoms with Gasteiger partial charge in [0.05, 0.1) is 5.56 Å². The lowest BCUT2D eigenvalue weighted by molar-refractivity contribution is 0.0694. The molecule has 1 N–H and O–H groups in total. The van der Waals surface area contributed by atoms with Crippen molar-refractivity contribution in [3.8, 4) is 0 Å². The van der Waals surface area contributed by atoms with Crippen molar-refractivity contribution in [2.45, 2.75) is 19.3 Å². The predicted octanol–water partition coefficient (Wildman–Crippen LogP) is 3.40. The highest BCUT2D eigenvalue weighted by atomic mass is 16.4. The van der Waals surface area contributed by atoms with Crippen molar-refractivity contribution in [2.24, 2.45) is 5.92 Å². The van der Waals surface area contributed by atoms with E-state index in [0.717, 1.165) is 5.56 Å². The first-order chi connectivity index (χ1) is 8.05. The second-order valence-electron chi connectivity index (χ2n) is 4.67. The first-order valence-electron chi connectivity index (χ1n) is 5.74. The van der Waals surface area contributed by atoms with Gasteiger partial charge >= 0.3 is 5.97 Å². The summed E-state index contributed by atoms with van der Waals surface area (Å²) < 4.78 is 0. The Labute approximate surface area is 101 Å². The largest absolute Gasteiger partial charge is 0.478 e. The molecule has 0 radical (unpaired) electrons. The van der Waals surface area contributed by atoms with Crippen LogP contribution in [0.25, 0.3) is 0 Å². The maximum atomic E-state index is 11.3. The zero-order valence-electron chi connectivity index (χ0n) is 10.1. The molecule has 2 atom stereocenters. The normalized spacial score (nSPS) is 27.1. The average Bonchev–Trinajstić information content (AvgIpc) is 2.33. The molecule has 0 fully saturated rings. The van der Waals surface area contributed by atoms with Gasteiger partial charge in [-0.3, -0.25) is 0 Å². The van der Waals surface area contributed by atoms with Gasteiger partial charge in [0, 0.05) is 5.41 Å². The van der Waals surface area contributed by atoms with E-state index in [-0.39, 0.29) is 11.3 Å². The summed E-state index contributed by atoms with van der Waals surface area (Å²) in [5.74, 6) is -0.579. The maximum Gasteiger partial charge on any atom is 0.335 e. The van der Waals surface area contributed by atoms with Crippen LogP contribution in [0.2, 0.25) is 0 Å². The summed E-state index contributed by atoms with van der Waals surface area (Å²) >= 11 is 0. The van der Waals surface area contributed by atoms with E-state index in [0.29, 0.717) is 5.56 Å². The number of carbonyl (C=O) groups is 1. The Balaban J connectivity index is 2.57. The van der Waals surface area contributed by atoms with Crippen LogP contribution in [0.5, 0.6) is 0 Å². The molecule has 2 unspecified atom stereocenters. The van der Waals surface area contributed by atoms with Crippen LogP contribution < -0.4 is 0 Å². The molecule has 1 aliphatic carbocycles. The molecule has 1 aliphatic rings. The molecule has 0 bridgehead atoms. The van der Waals surface area contributed by atoms with E-state index in [4.69, 9.17) is 0 Å². The van der Waals surface area contributed by atoms with Crippen molar-refractivity contribution >= 4 is 5.97 Å². The third-order valence-corrected chi connectivity index (χ3v) is 3.64. The first-order valence-corrected chi connectivity index (χ1v) is 5.74. The minimum absolute atomic E-state index is 0.246. The lowest BCUT2D eigenvalue weighted by Crippen LogP contribution is -2.30. The van der Waals surface area contributed by atoms with Gasteiger partial charge in [0.1, 0.15) is 0 Å². The fourth-order valence-corrected chi connectivity index (χ4v) is 2.31. The summed E-state index contributed by atoms with van der Waals surface area (Å²) in [7, 11) is 0. The molecule has 0 aliphatic heterocycles. The highest BCUT2D eigenvalue weighted by molar-refractivity contribution is 5.90. The van der Waals surface area contributed by atoms with Crippen molar-refractivity contribution in [3.63, 3.8) is 0 Å². The maximum absolute atomic E-state index is 11.3. The monoisotopic (exact) mass is 228 g/mol. The van der Waals surface area contributed by atoms with Crippen molar-refractivity contribution in [2.75, 3.05) is 0 Å². The van der Waals surface area contributed by atoms with Gasteiger partial charge in [-0.25, -0.2) is 4.79 Å². The lowest BCUT2D eigenvalue weighted by Gasteiger charge is -2.34. The Morgan fingerprint density at radius 1 is 1.29 bits per heavy atom. The molecular weight excluding hydrogens is 212 g/mol. The molecule has 0 heterocycles. The van der Waals surface area contributed by atoms with Crippen molar-refractivity contribution in [3.05, 3.63) is 59.7 Å². The summed E-state index contributed by atoms with van der Waals surface area (Å²) in [6.45, 7) is 4.19. The molecule has 2 nitrogen and oxygen atoms in total. The number of benzene rings is 1. The Kier molecular flexibility index (Phi) is 2.88. The highest BCUT2D eigenvalue weighted by Crippen LogP contribution is 2.38. The molecule has 0 spiro atoms. The van der Waals surface area contributed by atoms with Crippen LogP contribution in [0.15, 0.2) is 48.6 Å². The second kappa shape index (κ2) is 4.21. The van der Waals surface area contributed by atoms with E-state index in [1.807, 2.05) is 24.3 Å². The second-order valence-corrected chi connectivity index (χ2v) is 4.67. The molecule has 1 aromatic carbocycles. The molecule has 0 amide bonds. The quantitative estimate of drug-likeness (QED) is 0.842. The standard InChI is InChI=1S/C15H16O2/c1-11-7-5-6-10-15(11,2)13-9-4-3-8-12(13)14(16)17/h3-11H,1-2H3,(H,16,17). The van der Waals surface area contributed by atoms with Gasteiger partial charge in [0.25, 0.3) is 0 Å². The molecule has 0 aromatic heterocycles. The first kappa shape index (κ1) is 11.6. The molecule has 2 rings (SSSR count). The van der Waals surface area contributed by atoms with E-state index < -0.39 is 5.97 Å². The molecule has 0 saturated carbocycles. The predicted molar refractivity (Wildman–Crippen MR) is 68.2 cm³/mol. The zero-order chi connectivity index (χ0) is 12.5. The number of rotatable bonds is 2. The van der Waals surface area contributed by atoms with Crippen molar-refractivity contribution < 1.29 is 9.90 Å². The van der Waals surface area contributed by atoms with E-state index >= 15 is 0 Å². The van der Waals surface area contributed by atoms with Crippen LogP contribution in [0, 0.1) is 5.92 Å². The minimum Gasteiger partial charge on any atom is -0.478 e. The molecule has 1 aromatic rings. The Bertz CT molecular complexity index is 499. The summed E-state index contributed by atoms with van der Waals surface area (Å²) in [5, 5.41) is 9.25. The fraction of sp³-hybridized carbons (Fsp3) is 0.267. The van der Waals surface area contributed by atoms with E-state index in [2.05, 4.69) is 26.0 Å². The number of hydrogen-bond donors (Lipinski definition) is 1. The van der Waals surface area contributed by atoms with Crippen LogP contribution in [0.4, 0.5) is 0 Å². The van der Waals surface area contributed by atoms with Crippen LogP contribution in [-0.4, -0.2) is 11.1 Å². The van der Waals surface area contributed by atoms with E-state index in [1.165, 1.54) is 0 Å². The molecule has 17 heavy (non-hydrogen) atoms. The third kappa shape index (κ3) is 1.91. The van der Waals surface area contributed by atoms with Gasteiger partial charge in [-0.1, -0.05) is 56.4 Å². The summed E-state index contributed by atoms with van der Waals surface area (Å²) in [6.07, 6.45) is 8.19. The van der Waals surface area contributed by atoms with Gasteiger partial charge in [-0.05, 0) is 17.5 Å². The van der Waals surface area contributed by atoms with Crippen LogP contribution in [-0.2, 0) is 5.41 Å². The molecule has 2 heteroatoms. The molecule has 88 valence electrons. The topological polar surface area (TPSA) is 37.3 Å². The Morgan fingerprint density at radius 2 is 2.00 bits per heavy atom. The van der Waals surface area contributed by atoms with Gasteiger partial charge in [0.15, 0.2) is 0 Å². The number of allylic oxidation sites excluding steroid dienone is 4. The van der Waals surface area contributed by atoms with Gasteiger partial charge < -0.3 is 5.11 Å². The number of aromatic carboxylic acids is 1. The number of hydrogen-bond acceptors (Lipinski definition) is 1. The molecule has 0 saturated heterocycles. The SMILES string of the molecule is CC1C=CC=CC1(C)c1ccccc1C(=O)O. The van der Waals surface area contributed by atoms with Crippen LogP contribution in [0.3, 0.4) is 0 Å². The van der Waals surface area contributed by atoms with Gasteiger partial charge in [0.2, 0.25) is 0 Å². The van der Waals surface area contributed by atoms with Crippen LogP contribution >= 0.6 is 0 Å². The van der Waals surface area contributed by atoms with Crippen molar-refractivity contribution in [1.29, 1.82) is 0 Å².